The van der Waals surface area contributed by atoms with Crippen LogP contribution < -0.4 is 19.9 Å². The highest BCUT2D eigenvalue weighted by Gasteiger charge is 2.21. The van der Waals surface area contributed by atoms with Gasteiger partial charge in [0.05, 0.1) is 33.0 Å². The Morgan fingerprint density at radius 1 is 0.930 bits per heavy atom. The van der Waals surface area contributed by atoms with Gasteiger partial charge in [0, 0.05) is 51.8 Å². The van der Waals surface area contributed by atoms with Crippen LogP contribution in [0.2, 0.25) is 0 Å². The fourth-order valence-corrected chi connectivity index (χ4v) is 5.70. The lowest BCUT2D eigenvalue weighted by molar-refractivity contribution is 0.0302. The van der Waals surface area contributed by atoms with E-state index in [4.69, 9.17) is 19.9 Å². The summed E-state index contributed by atoms with van der Waals surface area (Å²) < 4.78 is 20.0. The van der Waals surface area contributed by atoms with Gasteiger partial charge in [-0.3, -0.25) is 4.79 Å². The topological polar surface area (TPSA) is 112 Å². The molecule has 1 aliphatic rings. The standard InChI is InChI=1S/C33H31N5O4S/c1-40-30-19-22(33(39)38-12-14-42-15-13-38)8-10-26(30)27-17-23-16-21(9-11-28(23)36-31(27)34)24-18-29(32(41-2)35-20-24)37-43-25-6-4-3-5-7-25/h3-11,16-20,37H,12-15H2,1-2H3,(H2,34,36). The number of hydrogen-bond acceptors (Lipinski definition) is 9. The molecule has 5 aromatic rings. The van der Waals surface area contributed by atoms with Crippen LogP contribution in [0, 0.1) is 0 Å². The van der Waals surface area contributed by atoms with Crippen LogP contribution in [-0.2, 0) is 4.74 Å². The molecule has 0 saturated carbocycles. The van der Waals surface area contributed by atoms with Crippen molar-refractivity contribution in [3.63, 3.8) is 0 Å². The minimum absolute atomic E-state index is 0.0495. The van der Waals surface area contributed by atoms with E-state index in [1.165, 1.54) is 11.9 Å². The van der Waals surface area contributed by atoms with Crippen molar-refractivity contribution in [1.29, 1.82) is 0 Å². The molecule has 0 bridgehead atoms. The van der Waals surface area contributed by atoms with Crippen molar-refractivity contribution in [3.05, 3.63) is 90.6 Å². The van der Waals surface area contributed by atoms with E-state index in [1.807, 2.05) is 60.7 Å². The van der Waals surface area contributed by atoms with Crippen molar-refractivity contribution >= 4 is 40.3 Å². The van der Waals surface area contributed by atoms with Gasteiger partial charge in [0.1, 0.15) is 17.3 Å². The number of morpholine rings is 1. The number of aromatic nitrogens is 2. The first-order valence-electron chi connectivity index (χ1n) is 13.8. The predicted octanol–water partition coefficient (Wildman–Crippen LogP) is 6.15. The number of carbonyl (C=O) groups is 1. The number of carbonyl (C=O) groups excluding carboxylic acids is 1. The van der Waals surface area contributed by atoms with Gasteiger partial charge in [-0.1, -0.05) is 24.3 Å². The van der Waals surface area contributed by atoms with Gasteiger partial charge in [0.15, 0.2) is 0 Å². The number of amides is 1. The molecule has 0 atom stereocenters. The number of nitrogens with one attached hydrogen (secondary N) is 1. The molecule has 10 heteroatoms. The van der Waals surface area contributed by atoms with Crippen LogP contribution in [0.3, 0.4) is 0 Å². The maximum absolute atomic E-state index is 13.1. The molecule has 2 aromatic heterocycles. The third-order valence-corrected chi connectivity index (χ3v) is 8.11. The molecule has 3 N–H and O–H groups in total. The summed E-state index contributed by atoms with van der Waals surface area (Å²) in [5, 5.41) is 0.904. The van der Waals surface area contributed by atoms with Crippen molar-refractivity contribution in [3.8, 4) is 33.9 Å². The second-order valence-electron chi connectivity index (χ2n) is 9.95. The molecule has 1 fully saturated rings. The second kappa shape index (κ2) is 12.6. The van der Waals surface area contributed by atoms with Crippen LogP contribution in [0.4, 0.5) is 11.5 Å². The maximum Gasteiger partial charge on any atom is 0.254 e. The monoisotopic (exact) mass is 593 g/mol. The van der Waals surface area contributed by atoms with Crippen LogP contribution >= 0.6 is 11.9 Å². The first-order valence-corrected chi connectivity index (χ1v) is 14.6. The quantitative estimate of drug-likeness (QED) is 0.205. The molecule has 1 saturated heterocycles. The van der Waals surface area contributed by atoms with Gasteiger partial charge in [-0.25, -0.2) is 9.97 Å². The lowest BCUT2D eigenvalue weighted by atomic mass is 9.99. The molecule has 1 aliphatic heterocycles. The van der Waals surface area contributed by atoms with Crippen LogP contribution in [0.25, 0.3) is 33.2 Å². The summed E-state index contributed by atoms with van der Waals surface area (Å²) in [6.45, 7) is 2.22. The van der Waals surface area contributed by atoms with Crippen LogP contribution in [-0.4, -0.2) is 61.3 Å². The Kier molecular flexibility index (Phi) is 8.30. The maximum atomic E-state index is 13.1. The summed E-state index contributed by atoms with van der Waals surface area (Å²) in [6, 6.07) is 25.5. The number of methoxy groups -OCH3 is 2. The van der Waals surface area contributed by atoms with E-state index in [-0.39, 0.29) is 5.91 Å². The number of pyridine rings is 2. The number of fused-ring (bicyclic) bond motifs is 1. The average molecular weight is 594 g/mol. The largest absolute Gasteiger partial charge is 0.496 e. The highest BCUT2D eigenvalue weighted by Crippen LogP contribution is 2.38. The average Bonchev–Trinajstić information content (AvgIpc) is 3.07. The first kappa shape index (κ1) is 28.3. The highest BCUT2D eigenvalue weighted by atomic mass is 32.2. The van der Waals surface area contributed by atoms with Crippen molar-refractivity contribution in [2.45, 2.75) is 4.90 Å². The van der Waals surface area contributed by atoms with Gasteiger partial charge < -0.3 is 29.6 Å². The third-order valence-electron chi connectivity index (χ3n) is 7.28. The minimum Gasteiger partial charge on any atom is -0.496 e. The van der Waals surface area contributed by atoms with E-state index in [2.05, 4.69) is 20.8 Å². The molecule has 0 unspecified atom stereocenters. The van der Waals surface area contributed by atoms with Crippen LogP contribution in [0.15, 0.2) is 90.0 Å². The van der Waals surface area contributed by atoms with E-state index >= 15 is 0 Å². The Morgan fingerprint density at radius 2 is 1.74 bits per heavy atom. The van der Waals surface area contributed by atoms with Gasteiger partial charge >= 0.3 is 0 Å². The molecular weight excluding hydrogens is 562 g/mol. The Balaban J connectivity index is 1.32. The van der Waals surface area contributed by atoms with E-state index in [0.717, 1.165) is 43.7 Å². The van der Waals surface area contributed by atoms with Gasteiger partial charge in [-0.05, 0) is 72.1 Å². The Labute approximate surface area is 254 Å². The lowest BCUT2D eigenvalue weighted by Gasteiger charge is -2.27. The molecule has 0 radical (unpaired) electrons. The molecule has 6 rings (SSSR count). The SMILES string of the molecule is COc1cc(C(=O)N2CCOCC2)ccc1-c1cc2cc(-c3cnc(OC)c(NSc4ccccc4)c3)ccc2nc1N. The zero-order valence-electron chi connectivity index (χ0n) is 23.9. The van der Waals surface area contributed by atoms with Crippen LogP contribution in [0.5, 0.6) is 11.6 Å². The molecule has 43 heavy (non-hydrogen) atoms. The molecule has 218 valence electrons. The fourth-order valence-electron chi connectivity index (χ4n) is 5.03. The van der Waals surface area contributed by atoms with Gasteiger partial charge in [0.2, 0.25) is 5.88 Å². The zero-order valence-corrected chi connectivity index (χ0v) is 24.7. The Bertz CT molecular complexity index is 1780. The van der Waals surface area contributed by atoms with Crippen LogP contribution in [0.1, 0.15) is 10.4 Å². The second-order valence-corrected chi connectivity index (χ2v) is 10.8. The van der Waals surface area contributed by atoms with Gasteiger partial charge in [0.25, 0.3) is 5.91 Å². The number of nitrogens with zero attached hydrogens (tertiary/aromatic N) is 3. The Hall–Kier alpha value is -4.80. The number of benzene rings is 3. The fraction of sp³-hybridized carbons (Fsp3) is 0.182. The van der Waals surface area contributed by atoms with E-state index in [9.17, 15) is 4.79 Å². The predicted molar refractivity (Wildman–Crippen MR) is 171 cm³/mol. The molecule has 1 amide bonds. The summed E-state index contributed by atoms with van der Waals surface area (Å²) in [5.41, 5.74) is 11.9. The smallest absolute Gasteiger partial charge is 0.254 e. The van der Waals surface area contributed by atoms with E-state index < -0.39 is 0 Å². The summed E-state index contributed by atoms with van der Waals surface area (Å²) in [4.78, 5) is 25.2. The number of hydrogen-bond donors (Lipinski definition) is 2. The van der Waals surface area contributed by atoms with Gasteiger partial charge in [-0.15, -0.1) is 0 Å². The number of nitrogens with two attached hydrogens (primary N) is 1. The molecule has 9 nitrogen and oxygen atoms in total. The lowest BCUT2D eigenvalue weighted by Crippen LogP contribution is -2.40. The number of anilines is 2. The highest BCUT2D eigenvalue weighted by molar-refractivity contribution is 8.00. The number of nitrogen functional groups attached to an aromatic ring is 1. The summed E-state index contributed by atoms with van der Waals surface area (Å²) in [7, 11) is 3.19. The van der Waals surface area contributed by atoms with Crippen molar-refractivity contribution in [2.24, 2.45) is 0 Å². The summed E-state index contributed by atoms with van der Waals surface area (Å²) in [6.07, 6.45) is 1.79. The summed E-state index contributed by atoms with van der Waals surface area (Å²) in [5.74, 6) is 1.38. The molecular formula is C33H31N5O4S. The molecule has 3 heterocycles. The van der Waals surface area contributed by atoms with Gasteiger partial charge in [-0.2, -0.15) is 0 Å². The number of rotatable bonds is 8. The molecule has 3 aromatic carbocycles. The minimum atomic E-state index is -0.0495. The van der Waals surface area contributed by atoms with E-state index in [1.54, 1.807) is 37.4 Å². The zero-order chi connectivity index (χ0) is 29.8. The Morgan fingerprint density at radius 3 is 2.51 bits per heavy atom. The van der Waals surface area contributed by atoms with Crippen molar-refractivity contribution < 1.29 is 19.0 Å². The van der Waals surface area contributed by atoms with E-state index in [0.29, 0.717) is 49.3 Å². The summed E-state index contributed by atoms with van der Waals surface area (Å²) >= 11 is 1.49. The third kappa shape index (κ3) is 6.06. The van der Waals surface area contributed by atoms with Crippen molar-refractivity contribution in [1.82, 2.24) is 14.9 Å². The normalized spacial score (nSPS) is 13.1. The first-order chi connectivity index (χ1) is 21.0. The molecule has 0 spiro atoms. The number of ether oxygens (including phenoxy) is 3. The van der Waals surface area contributed by atoms with Crippen molar-refractivity contribution in [2.75, 3.05) is 51.0 Å². The molecule has 0 aliphatic carbocycles.